The van der Waals surface area contributed by atoms with Gasteiger partial charge in [0.2, 0.25) is 0 Å². The van der Waals surface area contributed by atoms with Crippen molar-refractivity contribution in [1.82, 2.24) is 9.97 Å². The number of hydrogen-bond acceptors (Lipinski definition) is 3. The molecule has 0 aliphatic carbocycles. The summed E-state index contributed by atoms with van der Waals surface area (Å²) in [4.78, 5) is 8.97. The van der Waals surface area contributed by atoms with Crippen molar-refractivity contribution in [2.75, 3.05) is 0 Å². The van der Waals surface area contributed by atoms with E-state index in [4.69, 9.17) is 10.2 Å². The normalized spacial score (nSPS) is 15.0. The minimum Gasteiger partial charge on any atom is -0.501 e. The zero-order valence-corrected chi connectivity index (χ0v) is 29.2. The third-order valence-electron chi connectivity index (χ3n) is 7.71. The maximum absolute atomic E-state index is 8.48. The summed E-state index contributed by atoms with van der Waals surface area (Å²) in [5.41, 5.74) is 5.65. The van der Waals surface area contributed by atoms with Gasteiger partial charge < -0.3 is 14.7 Å². The van der Waals surface area contributed by atoms with Gasteiger partial charge in [0.1, 0.15) is 5.75 Å². The summed E-state index contributed by atoms with van der Waals surface area (Å²) in [6, 6.07) is 32.2. The molecule has 0 N–H and O–H groups in total. The molecule has 3 nitrogen and oxygen atoms in total. The predicted octanol–water partition coefficient (Wildman–Crippen LogP) is 9.50. The average molecular weight is 765 g/mol. The second-order valence-corrected chi connectivity index (χ2v) is 17.5. The molecule has 0 unspecified atom stereocenters. The molecule has 0 bridgehead atoms. The van der Waals surface area contributed by atoms with Crippen LogP contribution in [0.1, 0.15) is 61.3 Å². The molecular weight excluding hydrogens is 721 g/mol. The molecule has 6 rings (SSSR count). The fourth-order valence-corrected chi connectivity index (χ4v) is 6.19. The summed E-state index contributed by atoms with van der Waals surface area (Å²) in [5.74, 6) is 0.364. The first-order chi connectivity index (χ1) is 21.5. The van der Waals surface area contributed by atoms with E-state index < -0.39 is 20.8 Å². The molecule has 3 aromatic carbocycles. The average Bonchev–Trinajstić information content (AvgIpc) is 3.00. The summed E-state index contributed by atoms with van der Waals surface area (Å²) in [7, 11) is -1.23. The van der Waals surface area contributed by atoms with Gasteiger partial charge in [-0.15, -0.1) is 54.1 Å². The van der Waals surface area contributed by atoms with Gasteiger partial charge in [0, 0.05) is 54.7 Å². The summed E-state index contributed by atoms with van der Waals surface area (Å²) in [5, 5.41) is 1.40. The van der Waals surface area contributed by atoms with E-state index in [9.17, 15) is 0 Å². The van der Waals surface area contributed by atoms with Crippen LogP contribution < -0.4 is 9.92 Å². The van der Waals surface area contributed by atoms with E-state index in [1.54, 1.807) is 19.9 Å². The van der Waals surface area contributed by atoms with Crippen molar-refractivity contribution in [1.29, 1.82) is 0 Å². The van der Waals surface area contributed by atoms with Gasteiger partial charge in [-0.05, 0) is 46.5 Å². The van der Waals surface area contributed by atoms with Gasteiger partial charge in [-0.2, -0.15) is 0 Å². The van der Waals surface area contributed by atoms with Gasteiger partial charge in [0.15, 0.2) is 0 Å². The molecule has 5 aromatic rings. The topological polar surface area (TPSA) is 35.0 Å². The van der Waals surface area contributed by atoms with Crippen LogP contribution in [-0.4, -0.2) is 18.0 Å². The van der Waals surface area contributed by atoms with Gasteiger partial charge in [0.05, 0.1) is 8.07 Å². The largest absolute Gasteiger partial charge is 0.501 e. The van der Waals surface area contributed by atoms with E-state index in [-0.39, 0.29) is 31.1 Å². The smallest absolute Gasteiger partial charge is 0.118 e. The van der Waals surface area contributed by atoms with Crippen LogP contribution in [0.2, 0.25) is 19.6 Å². The molecular formula is C38H40IrN2OSi-2. The number of hydrogen-bond donors (Lipinski definition) is 0. The Morgan fingerprint density at radius 1 is 0.860 bits per heavy atom. The zero-order chi connectivity index (χ0) is 33.5. The van der Waals surface area contributed by atoms with Gasteiger partial charge >= 0.3 is 0 Å². The summed E-state index contributed by atoms with van der Waals surface area (Å²) in [6.07, 6.45) is 3.38. The number of para-hydroxylation sites is 1. The molecule has 0 amide bonds. The minimum absolute atomic E-state index is 0. The third kappa shape index (κ3) is 6.91. The second kappa shape index (κ2) is 13.1. The van der Waals surface area contributed by atoms with Crippen molar-refractivity contribution in [3.8, 4) is 34.0 Å². The Morgan fingerprint density at radius 3 is 2.26 bits per heavy atom. The number of aromatic nitrogens is 2. The van der Waals surface area contributed by atoms with Crippen LogP contribution >= 0.6 is 0 Å². The molecule has 3 heterocycles. The first-order valence-corrected chi connectivity index (χ1v) is 17.8. The molecule has 5 heteroatoms. The molecule has 0 saturated heterocycles. The predicted molar refractivity (Wildman–Crippen MR) is 177 cm³/mol. The zero-order valence-electron chi connectivity index (χ0n) is 29.8. The van der Waals surface area contributed by atoms with Crippen molar-refractivity contribution < 1.29 is 30.3 Å². The molecule has 0 fully saturated rings. The maximum Gasteiger partial charge on any atom is 0.118 e. The van der Waals surface area contributed by atoms with Crippen molar-refractivity contribution in [3.63, 3.8) is 0 Å². The van der Waals surface area contributed by atoms with Crippen LogP contribution in [-0.2, 0) is 25.5 Å². The van der Waals surface area contributed by atoms with Gasteiger partial charge in [0.25, 0.3) is 0 Å². The fraction of sp³-hybridized carbons (Fsp3) is 0.263. The van der Waals surface area contributed by atoms with Crippen molar-refractivity contribution in [2.45, 2.75) is 65.5 Å². The number of aryl methyl sites for hydroxylation is 1. The SMILES string of the molecule is C[Si](C)(C)c1ccc(-c2[c-]cccc2)nc1.[2H]C([2H])([2H])c1cnc(-c2[c-]ccc3c2Oc2ccccc2C3(C)C)cc1C([2H])(C)C.[Ir]. The number of benzene rings is 3. The molecule has 43 heavy (non-hydrogen) atoms. The Balaban J connectivity index is 0.000000249. The second-order valence-electron chi connectivity index (χ2n) is 12.4. The Bertz CT molecular complexity index is 1850. The molecule has 0 spiro atoms. The maximum atomic E-state index is 8.48. The number of pyridine rings is 2. The van der Waals surface area contributed by atoms with E-state index in [1.807, 2.05) is 60.8 Å². The summed E-state index contributed by atoms with van der Waals surface area (Å²) in [6.45, 7) is 12.3. The van der Waals surface area contributed by atoms with E-state index in [0.29, 0.717) is 22.6 Å². The molecule has 1 aliphatic rings. The van der Waals surface area contributed by atoms with Crippen LogP contribution in [0, 0.1) is 19.0 Å². The van der Waals surface area contributed by atoms with E-state index in [2.05, 4.69) is 73.8 Å². The summed E-state index contributed by atoms with van der Waals surface area (Å²) >= 11 is 0. The number of rotatable bonds is 4. The van der Waals surface area contributed by atoms with Crippen molar-refractivity contribution in [2.24, 2.45) is 0 Å². The molecule has 223 valence electrons. The fourth-order valence-electron chi connectivity index (χ4n) is 5.15. The Morgan fingerprint density at radius 2 is 1.60 bits per heavy atom. The third-order valence-corrected chi connectivity index (χ3v) is 9.74. The van der Waals surface area contributed by atoms with Gasteiger partial charge in [-0.1, -0.05) is 94.9 Å². The van der Waals surface area contributed by atoms with Gasteiger partial charge in [-0.25, -0.2) is 0 Å². The minimum atomic E-state index is -2.34. The first kappa shape index (κ1) is 27.2. The quantitative estimate of drug-likeness (QED) is 0.135. The number of ether oxygens (including phenoxy) is 1. The summed E-state index contributed by atoms with van der Waals surface area (Å²) < 4.78 is 38.3. The van der Waals surface area contributed by atoms with Crippen molar-refractivity contribution >= 4 is 13.3 Å². The van der Waals surface area contributed by atoms with Crippen molar-refractivity contribution in [3.05, 3.63) is 126 Å². The molecule has 0 atom stereocenters. The van der Waals surface area contributed by atoms with Crippen LogP contribution in [0.4, 0.5) is 0 Å². The van der Waals surface area contributed by atoms with Crippen LogP contribution in [0.5, 0.6) is 11.5 Å². The first-order valence-electron chi connectivity index (χ1n) is 16.3. The van der Waals surface area contributed by atoms with Gasteiger partial charge in [-0.3, -0.25) is 0 Å². The molecule has 1 radical (unpaired) electrons. The molecule has 1 aliphatic heterocycles. The molecule has 2 aromatic heterocycles. The monoisotopic (exact) mass is 765 g/mol. The molecule has 0 saturated carbocycles. The van der Waals surface area contributed by atoms with E-state index >= 15 is 0 Å². The Labute approximate surface area is 277 Å². The van der Waals surface area contributed by atoms with Crippen LogP contribution in [0.15, 0.2) is 91.3 Å². The standard InChI is InChI=1S/C24H24NO.C14H16NSi.Ir/c1-15(2)18-13-21(25-14-16(18)3)17-9-8-11-20-23(17)26-22-12-7-6-10-19(22)24(20,4)5;1-16(2,3)13-9-10-14(15-11-13)12-7-5-4-6-8-12;/h6-8,10-15H,1-5H3;4-7,9-11H,1-3H3;/q2*-1;/i3D3,15D;;. The van der Waals surface area contributed by atoms with E-state index in [1.165, 1.54) is 11.4 Å². The number of nitrogens with zero attached hydrogens (tertiary/aromatic N) is 2. The Hall–Kier alpha value is -3.37. The van der Waals surface area contributed by atoms with Crippen LogP contribution in [0.25, 0.3) is 22.5 Å². The Kier molecular flexibility index (Phi) is 8.28. The number of fused-ring (bicyclic) bond motifs is 2. The van der Waals surface area contributed by atoms with E-state index in [0.717, 1.165) is 28.1 Å². The van der Waals surface area contributed by atoms with Crippen LogP contribution in [0.3, 0.4) is 0 Å².